The molecule has 2 aromatic rings. The van der Waals surface area contributed by atoms with Crippen LogP contribution in [0.1, 0.15) is 30.1 Å². The van der Waals surface area contributed by atoms with Gasteiger partial charge in [-0.05, 0) is 51.1 Å². The number of nitro benzene ring substituents is 1. The quantitative estimate of drug-likeness (QED) is 0.343. The van der Waals surface area contributed by atoms with Crippen molar-refractivity contribution >= 4 is 34.8 Å². The summed E-state index contributed by atoms with van der Waals surface area (Å²) in [7, 11) is 0. The Morgan fingerprint density at radius 3 is 2.47 bits per heavy atom. The fraction of sp³-hybridized carbons (Fsp3) is 0.348. The second-order valence-electron chi connectivity index (χ2n) is 7.77. The van der Waals surface area contributed by atoms with Gasteiger partial charge in [0.1, 0.15) is 5.82 Å². The van der Waals surface area contributed by atoms with E-state index in [0.29, 0.717) is 32.5 Å². The highest BCUT2D eigenvalue weighted by Gasteiger charge is 2.27. The number of anilines is 2. The molecule has 0 aromatic heterocycles. The lowest BCUT2D eigenvalue weighted by atomic mass is 9.97. The van der Waals surface area contributed by atoms with Crippen LogP contribution < -0.4 is 10.6 Å². The molecule has 3 rings (SSSR count). The first-order chi connectivity index (χ1) is 16.3. The summed E-state index contributed by atoms with van der Waals surface area (Å²) in [6.07, 6.45) is 1.14. The number of non-ortho nitro benzene ring substituents is 1. The van der Waals surface area contributed by atoms with Gasteiger partial charge in [-0.1, -0.05) is 12.1 Å². The topological polar surface area (TPSA) is 131 Å². The molecule has 0 saturated carbocycles. The smallest absolute Gasteiger partial charge is 0.309 e. The number of ether oxygens (including phenoxy) is 1. The Morgan fingerprint density at radius 2 is 1.82 bits per heavy atom. The van der Waals surface area contributed by atoms with E-state index >= 15 is 0 Å². The molecule has 1 fully saturated rings. The van der Waals surface area contributed by atoms with Gasteiger partial charge in [0.25, 0.3) is 11.6 Å². The lowest BCUT2D eigenvalue weighted by molar-refractivity contribution is -0.384. The molecule has 0 bridgehead atoms. The van der Waals surface area contributed by atoms with E-state index in [1.54, 1.807) is 6.92 Å². The third-order valence-electron chi connectivity index (χ3n) is 5.43. The predicted octanol–water partition coefficient (Wildman–Crippen LogP) is 3.20. The minimum absolute atomic E-state index is 0.0148. The van der Waals surface area contributed by atoms with E-state index in [1.807, 2.05) is 4.90 Å². The molecular weight excluding hydrogens is 447 g/mol. The molecule has 0 unspecified atom stereocenters. The summed E-state index contributed by atoms with van der Waals surface area (Å²) in [6.45, 7) is 3.14. The van der Waals surface area contributed by atoms with Crippen LogP contribution in [0.4, 0.5) is 21.5 Å². The van der Waals surface area contributed by atoms with Crippen LogP contribution >= 0.6 is 0 Å². The molecule has 1 saturated heterocycles. The molecule has 0 aliphatic carbocycles. The van der Waals surface area contributed by atoms with Crippen LogP contribution in [0.3, 0.4) is 0 Å². The van der Waals surface area contributed by atoms with E-state index < -0.39 is 22.6 Å². The molecule has 180 valence electrons. The molecule has 2 amide bonds. The van der Waals surface area contributed by atoms with Gasteiger partial charge in [0.15, 0.2) is 0 Å². The van der Waals surface area contributed by atoms with Crippen molar-refractivity contribution in [1.29, 1.82) is 0 Å². The molecule has 0 spiro atoms. The van der Waals surface area contributed by atoms with Crippen LogP contribution in [0.25, 0.3) is 0 Å². The number of amides is 2. The molecule has 2 N–H and O–H groups in total. The Bertz CT molecular complexity index is 1080. The normalized spacial score (nSPS) is 14.3. The highest BCUT2D eigenvalue weighted by Crippen LogP contribution is 2.25. The molecule has 0 atom stereocenters. The van der Waals surface area contributed by atoms with Crippen molar-refractivity contribution in [3.05, 3.63) is 64.0 Å². The van der Waals surface area contributed by atoms with Crippen LogP contribution in [-0.4, -0.2) is 53.8 Å². The number of para-hydroxylation sites is 1. The Kier molecular flexibility index (Phi) is 8.25. The molecule has 1 aliphatic rings. The average Bonchev–Trinajstić information content (AvgIpc) is 2.81. The zero-order chi connectivity index (χ0) is 24.7. The Labute approximate surface area is 195 Å². The Morgan fingerprint density at radius 1 is 1.12 bits per heavy atom. The molecule has 11 heteroatoms. The number of rotatable bonds is 8. The van der Waals surface area contributed by atoms with E-state index in [9.17, 15) is 28.9 Å². The van der Waals surface area contributed by atoms with Crippen LogP contribution in [0.5, 0.6) is 0 Å². The monoisotopic (exact) mass is 472 g/mol. The van der Waals surface area contributed by atoms with E-state index in [-0.39, 0.29) is 41.1 Å². The summed E-state index contributed by atoms with van der Waals surface area (Å²) in [5.74, 6) is -2.33. The first kappa shape index (κ1) is 24.8. The summed E-state index contributed by atoms with van der Waals surface area (Å²) in [5.41, 5.74) is -0.559. The zero-order valence-electron chi connectivity index (χ0n) is 18.6. The van der Waals surface area contributed by atoms with Gasteiger partial charge in [-0.25, -0.2) is 4.39 Å². The minimum Gasteiger partial charge on any atom is -0.466 e. The van der Waals surface area contributed by atoms with Crippen LogP contribution in [-0.2, 0) is 14.3 Å². The summed E-state index contributed by atoms with van der Waals surface area (Å²) in [6, 6.07) is 8.95. The number of carbonyl (C=O) groups is 3. The first-order valence-electron chi connectivity index (χ1n) is 10.8. The summed E-state index contributed by atoms with van der Waals surface area (Å²) < 4.78 is 19.0. The minimum atomic E-state index is -0.806. The number of nitro groups is 1. The second kappa shape index (κ2) is 11.3. The van der Waals surface area contributed by atoms with Crippen LogP contribution in [0.15, 0.2) is 42.5 Å². The lowest BCUT2D eigenvalue weighted by Gasteiger charge is -2.30. The Balaban J connectivity index is 1.68. The number of benzene rings is 2. The summed E-state index contributed by atoms with van der Waals surface area (Å²) in [5, 5.41) is 16.2. The fourth-order valence-corrected chi connectivity index (χ4v) is 3.67. The number of likely N-dealkylation sites (tertiary alicyclic amines) is 1. The Hall–Kier alpha value is -3.86. The third kappa shape index (κ3) is 6.35. The van der Waals surface area contributed by atoms with Crippen molar-refractivity contribution in [2.75, 3.05) is 36.9 Å². The molecule has 0 radical (unpaired) electrons. The third-order valence-corrected chi connectivity index (χ3v) is 5.43. The maximum absolute atomic E-state index is 13.9. The predicted molar refractivity (Wildman–Crippen MR) is 122 cm³/mol. The van der Waals surface area contributed by atoms with Crippen molar-refractivity contribution in [3.8, 4) is 0 Å². The van der Waals surface area contributed by atoms with E-state index in [0.717, 1.165) is 12.1 Å². The lowest BCUT2D eigenvalue weighted by Crippen LogP contribution is -2.41. The van der Waals surface area contributed by atoms with Crippen molar-refractivity contribution in [3.63, 3.8) is 0 Å². The largest absolute Gasteiger partial charge is 0.466 e. The van der Waals surface area contributed by atoms with Crippen molar-refractivity contribution < 1.29 is 28.4 Å². The molecule has 1 aliphatic heterocycles. The van der Waals surface area contributed by atoms with Gasteiger partial charge < -0.3 is 15.4 Å². The standard InChI is InChI=1S/C23H25FN4O6/c1-2-34-23(31)15-9-11-27(12-10-15)14-21(29)25-19-8-7-16(28(32)33)13-17(19)22(30)26-20-6-4-3-5-18(20)24/h3-8,13,15H,2,9-12,14H2,1H3,(H,25,29)(H,26,30). The molecule has 2 aromatic carbocycles. The molecule has 1 heterocycles. The van der Waals surface area contributed by atoms with Crippen molar-refractivity contribution in [2.45, 2.75) is 19.8 Å². The average molecular weight is 472 g/mol. The number of piperidine rings is 1. The molecule has 34 heavy (non-hydrogen) atoms. The van der Waals surface area contributed by atoms with Gasteiger partial charge in [0.2, 0.25) is 5.91 Å². The SMILES string of the molecule is CCOC(=O)C1CCN(CC(=O)Nc2ccc([N+](=O)[O-])cc2C(=O)Nc2ccccc2F)CC1. The first-order valence-corrected chi connectivity index (χ1v) is 10.8. The number of esters is 1. The van der Waals surface area contributed by atoms with Crippen molar-refractivity contribution in [2.24, 2.45) is 5.92 Å². The maximum Gasteiger partial charge on any atom is 0.309 e. The van der Waals surface area contributed by atoms with E-state index in [1.165, 1.54) is 30.3 Å². The number of nitrogens with one attached hydrogen (secondary N) is 2. The van der Waals surface area contributed by atoms with Gasteiger partial charge >= 0.3 is 5.97 Å². The maximum atomic E-state index is 13.9. The van der Waals surface area contributed by atoms with E-state index in [4.69, 9.17) is 4.74 Å². The number of halogens is 1. The van der Waals surface area contributed by atoms with Gasteiger partial charge in [-0.2, -0.15) is 0 Å². The van der Waals surface area contributed by atoms with Gasteiger partial charge in [0, 0.05) is 12.1 Å². The number of carbonyl (C=O) groups excluding carboxylic acids is 3. The highest BCUT2D eigenvalue weighted by atomic mass is 19.1. The molecule has 10 nitrogen and oxygen atoms in total. The zero-order valence-corrected chi connectivity index (χ0v) is 18.6. The fourth-order valence-electron chi connectivity index (χ4n) is 3.67. The van der Waals surface area contributed by atoms with Crippen LogP contribution in [0.2, 0.25) is 0 Å². The van der Waals surface area contributed by atoms with Gasteiger partial charge in [-0.15, -0.1) is 0 Å². The number of hydrogen-bond donors (Lipinski definition) is 2. The highest BCUT2D eigenvalue weighted by molar-refractivity contribution is 6.10. The summed E-state index contributed by atoms with van der Waals surface area (Å²) in [4.78, 5) is 49.7. The van der Waals surface area contributed by atoms with Gasteiger partial charge in [0.05, 0.1) is 40.9 Å². The van der Waals surface area contributed by atoms with Crippen LogP contribution in [0, 0.1) is 21.8 Å². The number of nitrogens with zero attached hydrogens (tertiary/aromatic N) is 2. The summed E-state index contributed by atoms with van der Waals surface area (Å²) >= 11 is 0. The van der Waals surface area contributed by atoms with E-state index in [2.05, 4.69) is 10.6 Å². The van der Waals surface area contributed by atoms with Gasteiger partial charge in [-0.3, -0.25) is 29.4 Å². The second-order valence-corrected chi connectivity index (χ2v) is 7.77. The molecular formula is C23H25FN4O6. The van der Waals surface area contributed by atoms with Crippen molar-refractivity contribution in [1.82, 2.24) is 4.90 Å². The number of hydrogen-bond acceptors (Lipinski definition) is 7.